The number of ether oxygens (including phenoxy) is 1. The molecule has 1 aliphatic rings. The van der Waals surface area contributed by atoms with E-state index >= 15 is 0 Å². The number of halogens is 1. The Morgan fingerprint density at radius 2 is 2.10 bits per heavy atom. The molecule has 0 atom stereocenters. The molecule has 0 unspecified atom stereocenters. The molecule has 8 nitrogen and oxygen atoms in total. The van der Waals surface area contributed by atoms with Gasteiger partial charge in [-0.25, -0.2) is 18.6 Å². The molecular formula is C20H20FN5O3S. The molecule has 0 spiro atoms. The Morgan fingerprint density at radius 3 is 2.80 bits per heavy atom. The van der Waals surface area contributed by atoms with Crippen molar-refractivity contribution in [2.45, 2.75) is 13.3 Å². The highest BCUT2D eigenvalue weighted by molar-refractivity contribution is 7.95. The van der Waals surface area contributed by atoms with Crippen molar-refractivity contribution in [1.29, 1.82) is 0 Å². The fraction of sp³-hybridized carbons (Fsp3) is 0.250. The number of hydrogen-bond donors (Lipinski definition) is 2. The number of aryl methyl sites for hydroxylation is 1. The van der Waals surface area contributed by atoms with Crippen LogP contribution in [0.15, 0.2) is 41.0 Å². The average molecular weight is 429 g/mol. The van der Waals surface area contributed by atoms with E-state index in [9.17, 15) is 13.4 Å². The van der Waals surface area contributed by atoms with E-state index in [1.807, 2.05) is 13.0 Å². The van der Waals surface area contributed by atoms with Gasteiger partial charge in [-0.2, -0.15) is 4.36 Å². The monoisotopic (exact) mass is 429 g/mol. The van der Waals surface area contributed by atoms with Gasteiger partial charge in [0.25, 0.3) is 5.91 Å². The third-order valence-electron chi connectivity index (χ3n) is 4.68. The summed E-state index contributed by atoms with van der Waals surface area (Å²) in [5.41, 5.74) is 7.65. The van der Waals surface area contributed by atoms with E-state index in [4.69, 9.17) is 10.5 Å². The van der Waals surface area contributed by atoms with Crippen LogP contribution in [0.25, 0.3) is 10.9 Å². The second-order valence-electron chi connectivity index (χ2n) is 7.03. The highest BCUT2D eigenvalue weighted by Crippen LogP contribution is 2.34. The Morgan fingerprint density at radius 1 is 1.30 bits per heavy atom. The van der Waals surface area contributed by atoms with Crippen LogP contribution in [0, 0.1) is 12.7 Å². The standard InChI is InChI=1S/C20H20FN5O3S/c1-12-7-14(26-30(28)5-2-6-30)9-16-19(12)20(24-11-23-16)25-15-4-3-13(21)8-17(15)29-10-18(22)27/h3-4,7-9,11H,2,5-6,10H2,1H3,(H2,22,27)(H,23,24,25). The van der Waals surface area contributed by atoms with Crippen LogP contribution in [0.4, 0.5) is 21.6 Å². The van der Waals surface area contributed by atoms with Crippen molar-refractivity contribution in [2.75, 3.05) is 23.4 Å². The molecule has 1 amide bonds. The van der Waals surface area contributed by atoms with Gasteiger partial charge >= 0.3 is 0 Å². The normalized spacial score (nSPS) is 14.7. The fourth-order valence-electron chi connectivity index (χ4n) is 3.19. The highest BCUT2D eigenvalue weighted by Gasteiger charge is 2.20. The van der Waals surface area contributed by atoms with E-state index in [0.29, 0.717) is 34.2 Å². The molecule has 2 heterocycles. The smallest absolute Gasteiger partial charge is 0.255 e. The summed E-state index contributed by atoms with van der Waals surface area (Å²) in [6, 6.07) is 7.53. The van der Waals surface area contributed by atoms with Gasteiger partial charge in [-0.1, -0.05) is 0 Å². The van der Waals surface area contributed by atoms with Crippen LogP contribution in [0.5, 0.6) is 5.75 Å². The molecule has 2 aromatic carbocycles. The van der Waals surface area contributed by atoms with Crippen LogP contribution >= 0.6 is 0 Å². The molecular weight excluding hydrogens is 409 g/mol. The van der Waals surface area contributed by atoms with E-state index in [2.05, 4.69) is 19.6 Å². The van der Waals surface area contributed by atoms with Crippen LogP contribution < -0.4 is 15.8 Å². The van der Waals surface area contributed by atoms with Crippen molar-refractivity contribution in [3.05, 3.63) is 48.0 Å². The topological polar surface area (TPSA) is 120 Å². The summed E-state index contributed by atoms with van der Waals surface area (Å²) in [6.45, 7) is 1.50. The van der Waals surface area contributed by atoms with E-state index in [-0.39, 0.29) is 12.4 Å². The summed E-state index contributed by atoms with van der Waals surface area (Å²) in [5, 5.41) is 3.86. The number of nitrogens with one attached hydrogen (secondary N) is 1. The number of rotatable bonds is 6. The third-order valence-corrected chi connectivity index (χ3v) is 7.08. The highest BCUT2D eigenvalue weighted by atomic mass is 32.2. The summed E-state index contributed by atoms with van der Waals surface area (Å²) >= 11 is 0. The predicted octanol–water partition coefficient (Wildman–Crippen LogP) is 3.19. The molecule has 1 saturated heterocycles. The average Bonchev–Trinajstić information content (AvgIpc) is 2.66. The zero-order valence-electron chi connectivity index (χ0n) is 16.2. The lowest BCUT2D eigenvalue weighted by molar-refractivity contribution is -0.119. The van der Waals surface area contributed by atoms with Crippen molar-refractivity contribution in [2.24, 2.45) is 10.1 Å². The minimum absolute atomic E-state index is 0.131. The van der Waals surface area contributed by atoms with Crippen molar-refractivity contribution in [1.82, 2.24) is 9.97 Å². The van der Waals surface area contributed by atoms with Gasteiger partial charge in [0.15, 0.2) is 6.61 Å². The number of fused-ring (bicyclic) bond motifs is 1. The lowest BCUT2D eigenvalue weighted by Crippen LogP contribution is -2.22. The van der Waals surface area contributed by atoms with Crippen LogP contribution in [-0.4, -0.2) is 38.2 Å². The van der Waals surface area contributed by atoms with Gasteiger partial charge in [0, 0.05) is 23.0 Å². The fourth-order valence-corrected chi connectivity index (χ4v) is 4.65. The molecule has 1 aromatic heterocycles. The van der Waals surface area contributed by atoms with Gasteiger partial charge in [-0.15, -0.1) is 0 Å². The summed E-state index contributed by atoms with van der Waals surface area (Å²) in [7, 11) is -2.13. The molecule has 0 bridgehead atoms. The number of nitrogens with zero attached hydrogens (tertiary/aromatic N) is 3. The number of hydrogen-bond acceptors (Lipinski definition) is 7. The zero-order chi connectivity index (χ0) is 21.3. The first-order chi connectivity index (χ1) is 14.3. The van der Waals surface area contributed by atoms with Crippen molar-refractivity contribution >= 4 is 43.7 Å². The molecule has 30 heavy (non-hydrogen) atoms. The maximum absolute atomic E-state index is 13.7. The van der Waals surface area contributed by atoms with Gasteiger partial charge in [-0.3, -0.25) is 4.79 Å². The summed E-state index contributed by atoms with van der Waals surface area (Å²) in [6.07, 6.45) is 2.33. The van der Waals surface area contributed by atoms with Gasteiger partial charge in [0.2, 0.25) is 0 Å². The molecule has 1 aliphatic heterocycles. The molecule has 0 saturated carbocycles. The predicted molar refractivity (Wildman–Crippen MR) is 113 cm³/mol. The van der Waals surface area contributed by atoms with E-state index < -0.39 is 21.5 Å². The molecule has 4 rings (SSSR count). The van der Waals surface area contributed by atoms with Crippen LogP contribution in [-0.2, 0) is 14.5 Å². The first kappa shape index (κ1) is 20.0. The lowest BCUT2D eigenvalue weighted by Gasteiger charge is -2.18. The van der Waals surface area contributed by atoms with Gasteiger partial charge in [0.1, 0.15) is 23.7 Å². The maximum Gasteiger partial charge on any atom is 0.255 e. The number of carbonyl (C=O) groups excluding carboxylic acids is 1. The van der Waals surface area contributed by atoms with Crippen LogP contribution in [0.1, 0.15) is 12.0 Å². The lowest BCUT2D eigenvalue weighted by atomic mass is 10.1. The number of primary amides is 1. The Labute approximate surface area is 172 Å². The van der Waals surface area contributed by atoms with E-state index in [0.717, 1.165) is 23.4 Å². The van der Waals surface area contributed by atoms with E-state index in [1.165, 1.54) is 18.5 Å². The summed E-state index contributed by atoms with van der Waals surface area (Å²) < 4.78 is 35.9. The number of amides is 1. The van der Waals surface area contributed by atoms with Gasteiger partial charge < -0.3 is 15.8 Å². The third kappa shape index (κ3) is 4.18. The second-order valence-corrected chi connectivity index (χ2v) is 9.57. The van der Waals surface area contributed by atoms with Crippen molar-refractivity contribution in [3.63, 3.8) is 0 Å². The number of carbonyl (C=O) groups is 1. The first-order valence-corrected chi connectivity index (χ1v) is 11.1. The molecule has 0 radical (unpaired) electrons. The Kier molecular flexibility index (Phi) is 5.25. The minimum atomic E-state index is -2.13. The molecule has 10 heteroatoms. The summed E-state index contributed by atoms with van der Waals surface area (Å²) in [4.78, 5) is 19.7. The van der Waals surface area contributed by atoms with E-state index in [1.54, 1.807) is 6.07 Å². The molecule has 1 fully saturated rings. The van der Waals surface area contributed by atoms with Crippen molar-refractivity contribution in [3.8, 4) is 5.75 Å². The zero-order valence-corrected chi connectivity index (χ0v) is 17.0. The summed E-state index contributed by atoms with van der Waals surface area (Å²) in [5.74, 6) is 0.673. The second kappa shape index (κ2) is 7.86. The first-order valence-electron chi connectivity index (χ1n) is 9.28. The number of benzene rings is 2. The number of nitrogens with two attached hydrogens (primary N) is 1. The van der Waals surface area contributed by atoms with Crippen LogP contribution in [0.2, 0.25) is 0 Å². The quantitative estimate of drug-likeness (QED) is 0.621. The molecule has 156 valence electrons. The Balaban J connectivity index is 1.73. The Bertz CT molecular complexity index is 1260. The van der Waals surface area contributed by atoms with Gasteiger partial charge in [-0.05, 0) is 43.2 Å². The van der Waals surface area contributed by atoms with Crippen molar-refractivity contribution < 1.29 is 18.1 Å². The van der Waals surface area contributed by atoms with Gasteiger partial charge in [0.05, 0.1) is 26.6 Å². The Hall–Kier alpha value is -3.27. The number of anilines is 2. The molecule has 0 aliphatic carbocycles. The van der Waals surface area contributed by atoms with Crippen LogP contribution in [0.3, 0.4) is 0 Å². The number of aromatic nitrogens is 2. The maximum atomic E-state index is 13.7. The largest absolute Gasteiger partial charge is 0.481 e. The molecule has 3 aromatic rings. The minimum Gasteiger partial charge on any atom is -0.481 e. The SMILES string of the molecule is Cc1cc(N=S2(=O)CCC2)cc2ncnc(Nc3ccc(F)cc3OCC(N)=O)c12. The molecule has 3 N–H and O–H groups in total.